The second-order valence-electron chi connectivity index (χ2n) is 10.7. The van der Waals surface area contributed by atoms with Crippen LogP contribution >= 0.6 is 0 Å². The normalized spacial score (nSPS) is 34.4. The highest BCUT2D eigenvalue weighted by Gasteiger charge is 2.60. The van der Waals surface area contributed by atoms with E-state index in [1.54, 1.807) is 6.92 Å². The molecular weight excluding hydrogens is 554 g/mol. The SMILES string of the molecule is CC1CC(=O)N(CCOCCOCCN2C(=O)CC(OC[C@@]34CO[C@@H](O3)[C@H](N=S(C)(C)=O)[C@@H](O)[C@H]4O)C2=O)C1=O. The van der Waals surface area contributed by atoms with Crippen molar-refractivity contribution in [3.8, 4) is 0 Å². The van der Waals surface area contributed by atoms with Crippen LogP contribution in [0.3, 0.4) is 0 Å². The average Bonchev–Trinajstić information content (AvgIpc) is 3.49. The molecule has 4 rings (SSSR count). The van der Waals surface area contributed by atoms with Crippen molar-refractivity contribution >= 4 is 33.4 Å². The van der Waals surface area contributed by atoms with Crippen LogP contribution in [0.25, 0.3) is 0 Å². The topological polar surface area (TPSA) is 191 Å². The van der Waals surface area contributed by atoms with Gasteiger partial charge in [0.2, 0.25) is 17.7 Å². The molecule has 226 valence electrons. The van der Waals surface area contributed by atoms with E-state index in [-0.39, 0.29) is 83.3 Å². The van der Waals surface area contributed by atoms with E-state index in [2.05, 4.69) is 4.36 Å². The third-order valence-corrected chi connectivity index (χ3v) is 7.95. The van der Waals surface area contributed by atoms with Crippen molar-refractivity contribution in [1.29, 1.82) is 0 Å². The third kappa shape index (κ3) is 6.70. The average molecular weight is 592 g/mol. The fourth-order valence-corrected chi connectivity index (χ4v) is 5.86. The lowest BCUT2D eigenvalue weighted by Crippen LogP contribution is -2.62. The first kappa shape index (κ1) is 30.9. The number of hydrogen-bond donors (Lipinski definition) is 2. The summed E-state index contributed by atoms with van der Waals surface area (Å²) in [6.45, 7) is 2.10. The quantitative estimate of drug-likeness (QED) is 0.169. The molecule has 0 aromatic rings. The molecule has 7 atom stereocenters. The summed E-state index contributed by atoms with van der Waals surface area (Å²) in [6.07, 6.45) is -2.22. The molecule has 4 fully saturated rings. The Kier molecular flexibility index (Phi) is 9.61. The first-order chi connectivity index (χ1) is 18.8. The number of imide groups is 2. The van der Waals surface area contributed by atoms with Gasteiger partial charge in [-0.25, -0.2) is 4.36 Å². The number of nitrogens with zero attached hydrogens (tertiary/aromatic N) is 3. The summed E-state index contributed by atoms with van der Waals surface area (Å²) in [6, 6.07) is -1.05. The molecule has 0 spiro atoms. The number of rotatable bonds is 13. The van der Waals surface area contributed by atoms with Crippen LogP contribution in [-0.4, -0.2) is 149 Å². The minimum Gasteiger partial charge on any atom is -0.388 e. The van der Waals surface area contributed by atoms with Crippen molar-refractivity contribution in [2.75, 3.05) is 65.2 Å². The number of amides is 4. The van der Waals surface area contributed by atoms with Crippen molar-refractivity contribution in [1.82, 2.24) is 9.80 Å². The van der Waals surface area contributed by atoms with Crippen LogP contribution in [0.2, 0.25) is 0 Å². The van der Waals surface area contributed by atoms with Crippen LogP contribution in [0.4, 0.5) is 0 Å². The van der Waals surface area contributed by atoms with E-state index >= 15 is 0 Å². The smallest absolute Gasteiger partial charge is 0.258 e. The second kappa shape index (κ2) is 12.4. The van der Waals surface area contributed by atoms with Gasteiger partial charge in [0.25, 0.3) is 5.91 Å². The summed E-state index contributed by atoms with van der Waals surface area (Å²) < 4.78 is 44.0. The molecule has 4 aliphatic rings. The zero-order valence-electron chi connectivity index (χ0n) is 22.8. The molecule has 2 N–H and O–H groups in total. The van der Waals surface area contributed by atoms with Gasteiger partial charge in [0, 0.05) is 34.6 Å². The van der Waals surface area contributed by atoms with Gasteiger partial charge in [-0.2, -0.15) is 0 Å². The molecule has 15 nitrogen and oxygen atoms in total. The molecule has 0 radical (unpaired) electrons. The van der Waals surface area contributed by atoms with Gasteiger partial charge in [-0.3, -0.25) is 33.2 Å². The molecule has 40 heavy (non-hydrogen) atoms. The Morgan fingerprint density at radius 1 is 0.975 bits per heavy atom. The summed E-state index contributed by atoms with van der Waals surface area (Å²) in [5, 5.41) is 21.3. The van der Waals surface area contributed by atoms with Gasteiger partial charge in [-0.1, -0.05) is 6.92 Å². The second-order valence-corrected chi connectivity index (χ2v) is 13.2. The summed E-state index contributed by atoms with van der Waals surface area (Å²) in [5.74, 6) is -1.69. The minimum atomic E-state index is -2.61. The maximum atomic E-state index is 12.8. The number of carbonyl (C=O) groups excluding carboxylic acids is 4. The Bertz CT molecular complexity index is 1120. The van der Waals surface area contributed by atoms with E-state index in [1.165, 1.54) is 17.4 Å². The zero-order chi connectivity index (χ0) is 29.2. The van der Waals surface area contributed by atoms with Gasteiger partial charge in [-0.05, 0) is 0 Å². The van der Waals surface area contributed by atoms with E-state index in [1.807, 2.05) is 0 Å². The number of likely N-dealkylation sites (tertiary alicyclic amines) is 2. The Morgan fingerprint density at radius 3 is 2.15 bits per heavy atom. The highest BCUT2D eigenvalue weighted by Crippen LogP contribution is 2.39. The van der Waals surface area contributed by atoms with Crippen LogP contribution in [0.5, 0.6) is 0 Å². The lowest BCUT2D eigenvalue weighted by molar-refractivity contribution is -0.235. The van der Waals surface area contributed by atoms with Crippen molar-refractivity contribution in [3.05, 3.63) is 0 Å². The van der Waals surface area contributed by atoms with Gasteiger partial charge >= 0.3 is 0 Å². The Balaban J connectivity index is 1.16. The molecule has 0 aromatic heterocycles. The Morgan fingerprint density at radius 2 is 1.57 bits per heavy atom. The Labute approximate surface area is 232 Å². The van der Waals surface area contributed by atoms with Crippen molar-refractivity contribution in [3.63, 3.8) is 0 Å². The van der Waals surface area contributed by atoms with Crippen molar-refractivity contribution < 1.29 is 57.3 Å². The molecule has 2 unspecified atom stereocenters. The fraction of sp³-hybridized carbons (Fsp3) is 0.833. The maximum absolute atomic E-state index is 12.8. The first-order valence-electron chi connectivity index (χ1n) is 13.1. The van der Waals surface area contributed by atoms with E-state index < -0.39 is 57.8 Å². The largest absolute Gasteiger partial charge is 0.388 e. The minimum absolute atomic E-state index is 0.0108. The fourth-order valence-electron chi connectivity index (χ4n) is 5.05. The lowest BCUT2D eigenvalue weighted by atomic mass is 9.89. The van der Waals surface area contributed by atoms with Gasteiger partial charge in [0.15, 0.2) is 6.29 Å². The molecule has 4 aliphatic heterocycles. The van der Waals surface area contributed by atoms with Crippen LogP contribution in [-0.2, 0) is 52.6 Å². The highest BCUT2D eigenvalue weighted by molar-refractivity contribution is 7.92. The molecule has 4 saturated heterocycles. The number of fused-ring (bicyclic) bond motifs is 2. The first-order valence-corrected chi connectivity index (χ1v) is 15.4. The molecule has 16 heteroatoms. The number of ether oxygens (including phenoxy) is 5. The van der Waals surface area contributed by atoms with Gasteiger partial charge in [0.05, 0.1) is 59.2 Å². The van der Waals surface area contributed by atoms with Gasteiger partial charge in [0.1, 0.15) is 30.0 Å². The number of aliphatic hydroxyl groups is 2. The van der Waals surface area contributed by atoms with Crippen LogP contribution in [0.15, 0.2) is 4.36 Å². The molecule has 0 aromatic carbocycles. The third-order valence-electron chi connectivity index (χ3n) is 7.20. The highest BCUT2D eigenvalue weighted by atomic mass is 32.2. The van der Waals surface area contributed by atoms with Crippen molar-refractivity contribution in [2.45, 2.75) is 56.0 Å². The van der Waals surface area contributed by atoms with E-state index in [4.69, 9.17) is 23.7 Å². The van der Waals surface area contributed by atoms with Crippen LogP contribution < -0.4 is 0 Å². The molecule has 4 amide bonds. The predicted molar refractivity (Wildman–Crippen MR) is 135 cm³/mol. The molecule has 0 saturated carbocycles. The van der Waals surface area contributed by atoms with E-state index in [0.717, 1.165) is 4.90 Å². The van der Waals surface area contributed by atoms with E-state index in [0.29, 0.717) is 0 Å². The molecule has 0 aliphatic carbocycles. The summed E-state index contributed by atoms with van der Waals surface area (Å²) in [5.41, 5.74) is -1.47. The van der Waals surface area contributed by atoms with Crippen LogP contribution in [0.1, 0.15) is 19.8 Å². The lowest BCUT2D eigenvalue weighted by Gasteiger charge is -2.41. The maximum Gasteiger partial charge on any atom is 0.258 e. The summed E-state index contributed by atoms with van der Waals surface area (Å²) in [7, 11) is -2.61. The molecule has 4 heterocycles. The summed E-state index contributed by atoms with van der Waals surface area (Å²) in [4.78, 5) is 51.0. The molecular formula is C24H37N3O12S. The summed E-state index contributed by atoms with van der Waals surface area (Å²) >= 11 is 0. The predicted octanol–water partition coefficient (Wildman–Crippen LogP) is -2.50. The zero-order valence-corrected chi connectivity index (χ0v) is 23.6. The number of carbonyl (C=O) groups is 4. The Hall–Kier alpha value is -2.05. The van der Waals surface area contributed by atoms with E-state index in [9.17, 15) is 33.6 Å². The number of aliphatic hydroxyl groups excluding tert-OH is 2. The standard InChI is InChI=1S/C24H37N3O12S/c1-14-10-16(28)26(21(14)32)4-6-35-8-9-36-7-5-27-17(29)11-15(22(27)33)37-12-24-13-38-23(39-24)18(19(30)20(24)31)25-40(2,3)34/h14-15,18-20,23,30-31H,4-13H2,1-3H3/t14?,15?,18-,19-,20-,23+,24+/m1/s1. The molecule has 2 bridgehead atoms. The monoisotopic (exact) mass is 591 g/mol. The number of hydrogen-bond acceptors (Lipinski definition) is 13. The van der Waals surface area contributed by atoms with Crippen LogP contribution in [0, 0.1) is 5.92 Å². The van der Waals surface area contributed by atoms with Gasteiger partial charge in [-0.15, -0.1) is 0 Å². The van der Waals surface area contributed by atoms with Gasteiger partial charge < -0.3 is 33.9 Å². The van der Waals surface area contributed by atoms with Crippen molar-refractivity contribution in [2.24, 2.45) is 10.3 Å².